The Hall–Kier alpha value is -2.25. The van der Waals surface area contributed by atoms with Crippen molar-refractivity contribution in [1.82, 2.24) is 9.78 Å². The fraction of sp³-hybridized carbons (Fsp3) is 0.118. The van der Waals surface area contributed by atoms with E-state index in [-0.39, 0.29) is 0 Å². The highest BCUT2D eigenvalue weighted by atomic mass is 32.2. The van der Waals surface area contributed by atoms with Crippen molar-refractivity contribution in [1.29, 1.82) is 0 Å². The van der Waals surface area contributed by atoms with Gasteiger partial charge in [0.2, 0.25) is 0 Å². The van der Waals surface area contributed by atoms with Gasteiger partial charge in [-0.05, 0) is 59.7 Å². The SMILES string of the molecule is C[S+]([O-])c1ccc(-c2ccnn2-c2cccc(C(F)(F)F)c2)cc1. The third-order valence-electron chi connectivity index (χ3n) is 3.54. The minimum Gasteiger partial charge on any atom is -0.612 e. The maximum atomic E-state index is 12.9. The molecule has 1 aromatic heterocycles. The average Bonchev–Trinajstić information content (AvgIpc) is 3.04. The second-order valence-electron chi connectivity index (χ2n) is 5.15. The number of halogens is 3. The van der Waals surface area contributed by atoms with Crippen LogP contribution >= 0.6 is 0 Å². The third-order valence-corrected chi connectivity index (χ3v) is 4.48. The molecule has 124 valence electrons. The first-order chi connectivity index (χ1) is 11.4. The van der Waals surface area contributed by atoms with Crippen molar-refractivity contribution < 1.29 is 17.7 Å². The average molecular weight is 350 g/mol. The maximum Gasteiger partial charge on any atom is 0.416 e. The van der Waals surface area contributed by atoms with Crippen LogP contribution in [-0.2, 0) is 17.4 Å². The van der Waals surface area contributed by atoms with Crippen LogP contribution in [0.1, 0.15) is 5.56 Å². The van der Waals surface area contributed by atoms with Crippen molar-refractivity contribution in [2.24, 2.45) is 0 Å². The van der Waals surface area contributed by atoms with Crippen molar-refractivity contribution >= 4 is 11.2 Å². The lowest BCUT2D eigenvalue weighted by Crippen LogP contribution is -2.07. The van der Waals surface area contributed by atoms with Crippen molar-refractivity contribution in [3.8, 4) is 16.9 Å². The molecule has 1 heterocycles. The van der Waals surface area contributed by atoms with E-state index in [1.165, 1.54) is 16.9 Å². The lowest BCUT2D eigenvalue weighted by Gasteiger charge is -2.11. The summed E-state index contributed by atoms with van der Waals surface area (Å²) in [5.74, 6) is 0. The number of hydrogen-bond acceptors (Lipinski definition) is 2. The van der Waals surface area contributed by atoms with Gasteiger partial charge in [-0.1, -0.05) is 6.07 Å². The molecule has 2 aromatic carbocycles. The third kappa shape index (κ3) is 3.32. The van der Waals surface area contributed by atoms with E-state index in [0.29, 0.717) is 16.3 Å². The highest BCUT2D eigenvalue weighted by Gasteiger charge is 2.30. The highest BCUT2D eigenvalue weighted by molar-refractivity contribution is 7.90. The number of benzene rings is 2. The molecule has 0 bridgehead atoms. The monoisotopic (exact) mass is 350 g/mol. The predicted octanol–water partition coefficient (Wildman–Crippen LogP) is 4.30. The molecule has 1 atom stereocenters. The quantitative estimate of drug-likeness (QED) is 0.661. The van der Waals surface area contributed by atoms with Crippen LogP contribution in [-0.4, -0.2) is 20.6 Å². The van der Waals surface area contributed by atoms with Crippen molar-refractivity contribution in [2.75, 3.05) is 6.26 Å². The van der Waals surface area contributed by atoms with Gasteiger partial charge in [0.15, 0.2) is 4.90 Å². The van der Waals surface area contributed by atoms with Crippen molar-refractivity contribution in [2.45, 2.75) is 11.1 Å². The summed E-state index contributed by atoms with van der Waals surface area (Å²) in [7, 11) is 0. The van der Waals surface area contributed by atoms with Crippen molar-refractivity contribution in [3.05, 3.63) is 66.4 Å². The number of alkyl halides is 3. The number of nitrogens with zero attached hydrogens (tertiary/aromatic N) is 2. The van der Waals surface area contributed by atoms with Crippen molar-refractivity contribution in [3.63, 3.8) is 0 Å². The van der Waals surface area contributed by atoms with Gasteiger partial charge < -0.3 is 4.55 Å². The Morgan fingerprint density at radius 1 is 1.04 bits per heavy atom. The summed E-state index contributed by atoms with van der Waals surface area (Å²) in [6, 6.07) is 13.7. The molecule has 3 aromatic rings. The number of hydrogen-bond donors (Lipinski definition) is 0. The van der Waals surface area contributed by atoms with Crippen LogP contribution in [0.3, 0.4) is 0 Å². The molecule has 0 aliphatic rings. The van der Waals surface area contributed by atoms with Gasteiger partial charge in [-0.2, -0.15) is 18.3 Å². The molecule has 0 N–H and O–H groups in total. The fourth-order valence-electron chi connectivity index (χ4n) is 2.36. The van der Waals surface area contributed by atoms with Gasteiger partial charge in [-0.3, -0.25) is 0 Å². The summed E-state index contributed by atoms with van der Waals surface area (Å²) in [4.78, 5) is 0.684. The van der Waals surface area contributed by atoms with Crippen LogP contribution in [0.5, 0.6) is 0 Å². The van der Waals surface area contributed by atoms with Crippen LogP contribution in [0.2, 0.25) is 0 Å². The van der Waals surface area contributed by atoms with Crippen LogP contribution in [0.4, 0.5) is 13.2 Å². The molecule has 3 nitrogen and oxygen atoms in total. The Kier molecular flexibility index (Phi) is 4.38. The predicted molar refractivity (Wildman–Crippen MR) is 86.3 cm³/mol. The maximum absolute atomic E-state index is 12.9. The van der Waals surface area contributed by atoms with Crippen LogP contribution in [0.25, 0.3) is 16.9 Å². The first kappa shape index (κ1) is 16.6. The smallest absolute Gasteiger partial charge is 0.416 e. The topological polar surface area (TPSA) is 40.9 Å². The first-order valence-corrected chi connectivity index (χ1v) is 8.57. The zero-order valence-corrected chi connectivity index (χ0v) is 13.4. The molecule has 24 heavy (non-hydrogen) atoms. The van der Waals surface area contributed by atoms with E-state index in [4.69, 9.17) is 0 Å². The highest BCUT2D eigenvalue weighted by Crippen LogP contribution is 2.31. The Morgan fingerprint density at radius 2 is 1.75 bits per heavy atom. The molecule has 0 radical (unpaired) electrons. The lowest BCUT2D eigenvalue weighted by atomic mass is 10.1. The molecular weight excluding hydrogens is 337 g/mol. The summed E-state index contributed by atoms with van der Waals surface area (Å²) in [6.45, 7) is 0. The summed E-state index contributed by atoms with van der Waals surface area (Å²) >= 11 is -1.09. The van der Waals surface area contributed by atoms with E-state index >= 15 is 0 Å². The Balaban J connectivity index is 2.02. The van der Waals surface area contributed by atoms with Gasteiger partial charge in [0.25, 0.3) is 0 Å². The van der Waals surface area contributed by atoms with E-state index in [0.717, 1.165) is 17.7 Å². The molecule has 7 heteroatoms. The Bertz CT molecular complexity index is 842. The van der Waals surface area contributed by atoms with E-state index in [9.17, 15) is 17.7 Å². The lowest BCUT2D eigenvalue weighted by molar-refractivity contribution is -0.137. The van der Waals surface area contributed by atoms with Gasteiger partial charge in [0.1, 0.15) is 6.26 Å². The summed E-state index contributed by atoms with van der Waals surface area (Å²) in [6.07, 6.45) is -1.29. The van der Waals surface area contributed by atoms with Crippen LogP contribution in [0.15, 0.2) is 65.7 Å². The number of aromatic nitrogens is 2. The minimum atomic E-state index is -4.41. The first-order valence-electron chi connectivity index (χ1n) is 7.02. The summed E-state index contributed by atoms with van der Waals surface area (Å²) in [5.41, 5.74) is 1.04. The minimum absolute atomic E-state index is 0.327. The summed E-state index contributed by atoms with van der Waals surface area (Å²) in [5, 5.41) is 4.13. The van der Waals surface area contributed by atoms with E-state index in [1.54, 1.807) is 42.7 Å². The molecule has 0 saturated heterocycles. The number of rotatable bonds is 3. The van der Waals surface area contributed by atoms with Gasteiger partial charge in [-0.15, -0.1) is 0 Å². The Morgan fingerprint density at radius 3 is 2.38 bits per heavy atom. The zero-order valence-electron chi connectivity index (χ0n) is 12.6. The van der Waals surface area contributed by atoms with Crippen LogP contribution < -0.4 is 0 Å². The Labute approximate surface area is 139 Å². The molecular formula is C17H13F3N2OS. The molecule has 0 fully saturated rings. The van der Waals surface area contributed by atoms with Gasteiger partial charge in [0.05, 0.1) is 23.1 Å². The molecule has 0 aliphatic heterocycles. The molecule has 0 spiro atoms. The molecule has 0 aliphatic carbocycles. The molecule has 1 unspecified atom stereocenters. The van der Waals surface area contributed by atoms with E-state index < -0.39 is 22.9 Å². The van der Waals surface area contributed by atoms with E-state index in [1.807, 2.05) is 0 Å². The standard InChI is InChI=1S/C17H13F3N2OS/c1-24(23)15-7-5-12(6-8-15)16-9-10-21-22(16)14-4-2-3-13(11-14)17(18,19)20/h2-11H,1H3. The second-order valence-corrected chi connectivity index (χ2v) is 6.53. The second kappa shape index (κ2) is 6.33. The fourth-order valence-corrected chi connectivity index (χ4v) is 2.88. The molecule has 0 amide bonds. The van der Waals surface area contributed by atoms with Crippen LogP contribution in [0, 0.1) is 0 Å². The molecule has 3 rings (SSSR count). The van der Waals surface area contributed by atoms with Gasteiger partial charge in [-0.25, -0.2) is 4.68 Å². The van der Waals surface area contributed by atoms with Gasteiger partial charge in [0, 0.05) is 5.56 Å². The summed E-state index contributed by atoms with van der Waals surface area (Å²) < 4.78 is 51.6. The zero-order chi connectivity index (χ0) is 17.3. The normalized spacial score (nSPS) is 13.0. The van der Waals surface area contributed by atoms with E-state index in [2.05, 4.69) is 5.10 Å². The largest absolute Gasteiger partial charge is 0.612 e. The molecule has 0 saturated carbocycles. The van der Waals surface area contributed by atoms with Gasteiger partial charge >= 0.3 is 6.18 Å².